The topological polar surface area (TPSA) is 56.7 Å². The maximum Gasteiger partial charge on any atom is 0.407 e. The van der Waals surface area contributed by atoms with Crippen molar-refractivity contribution in [2.45, 2.75) is 37.5 Å². The Morgan fingerprint density at radius 3 is 2.55 bits per heavy atom. The molecule has 2 saturated heterocycles. The SMILES string of the molecule is O=C(O)N1CCC(CCN2CCCC2)(c2cccnc2)CC1. The molecule has 0 saturated carbocycles. The van der Waals surface area contributed by atoms with E-state index in [0.717, 1.165) is 25.8 Å². The highest BCUT2D eigenvalue weighted by molar-refractivity contribution is 5.65. The maximum atomic E-state index is 11.2. The van der Waals surface area contributed by atoms with Crippen molar-refractivity contribution in [3.63, 3.8) is 0 Å². The highest BCUT2D eigenvalue weighted by Gasteiger charge is 2.37. The average Bonchev–Trinajstić information content (AvgIpc) is 3.08. The van der Waals surface area contributed by atoms with Gasteiger partial charge in [-0.05, 0) is 63.4 Å². The lowest BCUT2D eigenvalue weighted by Gasteiger charge is -2.42. The van der Waals surface area contributed by atoms with Crippen LogP contribution in [0.1, 0.15) is 37.7 Å². The monoisotopic (exact) mass is 303 g/mol. The Balaban J connectivity index is 1.73. The fourth-order valence-corrected chi connectivity index (χ4v) is 3.86. The number of piperidine rings is 1. The molecule has 5 nitrogen and oxygen atoms in total. The van der Waals surface area contributed by atoms with Gasteiger partial charge in [-0.2, -0.15) is 0 Å². The first kappa shape index (κ1) is 15.3. The Morgan fingerprint density at radius 2 is 1.95 bits per heavy atom. The van der Waals surface area contributed by atoms with Gasteiger partial charge < -0.3 is 14.9 Å². The zero-order chi connectivity index (χ0) is 15.4. The molecular formula is C17H25N3O2. The van der Waals surface area contributed by atoms with Gasteiger partial charge in [0, 0.05) is 30.9 Å². The third kappa shape index (κ3) is 3.24. The lowest BCUT2D eigenvalue weighted by atomic mass is 9.71. The molecule has 2 aliphatic rings. The average molecular weight is 303 g/mol. The second-order valence-electron chi connectivity index (χ2n) is 6.59. The molecule has 0 spiro atoms. The van der Waals surface area contributed by atoms with E-state index in [1.165, 1.54) is 31.5 Å². The molecule has 1 aromatic rings. The van der Waals surface area contributed by atoms with Gasteiger partial charge in [0.05, 0.1) is 0 Å². The van der Waals surface area contributed by atoms with Gasteiger partial charge in [0.2, 0.25) is 0 Å². The Kier molecular flexibility index (Phi) is 4.62. The second-order valence-corrected chi connectivity index (χ2v) is 6.59. The van der Waals surface area contributed by atoms with Crippen LogP contribution in [-0.4, -0.2) is 58.7 Å². The summed E-state index contributed by atoms with van der Waals surface area (Å²) in [6, 6.07) is 4.16. The van der Waals surface area contributed by atoms with Crippen LogP contribution in [0.3, 0.4) is 0 Å². The van der Waals surface area contributed by atoms with E-state index in [1.54, 1.807) is 4.90 Å². The predicted molar refractivity (Wildman–Crippen MR) is 85.0 cm³/mol. The molecule has 2 aliphatic heterocycles. The van der Waals surface area contributed by atoms with Crippen molar-refractivity contribution in [2.75, 3.05) is 32.7 Å². The molecule has 0 bridgehead atoms. The first-order valence-electron chi connectivity index (χ1n) is 8.30. The number of hydrogen-bond acceptors (Lipinski definition) is 3. The first-order valence-corrected chi connectivity index (χ1v) is 8.30. The van der Waals surface area contributed by atoms with E-state index in [0.29, 0.717) is 13.1 Å². The second kappa shape index (κ2) is 6.65. The number of pyridine rings is 1. The molecule has 22 heavy (non-hydrogen) atoms. The molecule has 0 aromatic carbocycles. The van der Waals surface area contributed by atoms with Crippen LogP contribution in [0.25, 0.3) is 0 Å². The summed E-state index contributed by atoms with van der Waals surface area (Å²) in [7, 11) is 0. The lowest BCUT2D eigenvalue weighted by molar-refractivity contribution is 0.110. The quantitative estimate of drug-likeness (QED) is 0.929. The molecule has 3 rings (SSSR count). The van der Waals surface area contributed by atoms with E-state index in [2.05, 4.69) is 16.0 Å². The number of nitrogens with zero attached hydrogens (tertiary/aromatic N) is 3. The van der Waals surface area contributed by atoms with Crippen LogP contribution in [0.15, 0.2) is 24.5 Å². The third-order valence-electron chi connectivity index (χ3n) is 5.37. The molecule has 1 amide bonds. The minimum Gasteiger partial charge on any atom is -0.465 e. The number of hydrogen-bond donors (Lipinski definition) is 1. The summed E-state index contributed by atoms with van der Waals surface area (Å²) < 4.78 is 0. The third-order valence-corrected chi connectivity index (χ3v) is 5.37. The number of likely N-dealkylation sites (tertiary alicyclic amines) is 2. The molecule has 0 atom stereocenters. The van der Waals surface area contributed by atoms with Crippen molar-refractivity contribution in [2.24, 2.45) is 0 Å². The van der Waals surface area contributed by atoms with Crippen molar-refractivity contribution >= 4 is 6.09 Å². The highest BCUT2D eigenvalue weighted by Crippen LogP contribution is 2.38. The van der Waals surface area contributed by atoms with Crippen LogP contribution >= 0.6 is 0 Å². The van der Waals surface area contributed by atoms with Crippen LogP contribution < -0.4 is 0 Å². The summed E-state index contributed by atoms with van der Waals surface area (Å²) in [6.45, 7) is 4.80. The number of rotatable bonds is 4. The molecule has 0 radical (unpaired) electrons. The van der Waals surface area contributed by atoms with E-state index in [1.807, 2.05) is 18.5 Å². The molecule has 1 N–H and O–H groups in total. The first-order chi connectivity index (χ1) is 10.7. The van der Waals surface area contributed by atoms with E-state index in [-0.39, 0.29) is 5.41 Å². The number of amides is 1. The van der Waals surface area contributed by atoms with Crippen LogP contribution in [0, 0.1) is 0 Å². The van der Waals surface area contributed by atoms with Crippen molar-refractivity contribution in [1.29, 1.82) is 0 Å². The van der Waals surface area contributed by atoms with Gasteiger partial charge in [0.15, 0.2) is 0 Å². The molecule has 5 heteroatoms. The van der Waals surface area contributed by atoms with Gasteiger partial charge in [0.25, 0.3) is 0 Å². The predicted octanol–water partition coefficient (Wildman–Crippen LogP) is 2.58. The van der Waals surface area contributed by atoms with Gasteiger partial charge in [0.1, 0.15) is 0 Å². The minimum atomic E-state index is -0.792. The smallest absolute Gasteiger partial charge is 0.407 e. The summed E-state index contributed by atoms with van der Waals surface area (Å²) in [5.74, 6) is 0. The highest BCUT2D eigenvalue weighted by atomic mass is 16.4. The number of aromatic nitrogens is 1. The van der Waals surface area contributed by atoms with E-state index >= 15 is 0 Å². The van der Waals surface area contributed by atoms with Crippen molar-refractivity contribution in [1.82, 2.24) is 14.8 Å². The maximum absolute atomic E-state index is 11.2. The summed E-state index contributed by atoms with van der Waals surface area (Å²) in [4.78, 5) is 19.6. The minimum absolute atomic E-state index is 0.0861. The molecule has 3 heterocycles. The van der Waals surface area contributed by atoms with Gasteiger partial charge in [-0.15, -0.1) is 0 Å². The largest absolute Gasteiger partial charge is 0.465 e. The van der Waals surface area contributed by atoms with Gasteiger partial charge >= 0.3 is 6.09 Å². The van der Waals surface area contributed by atoms with E-state index in [9.17, 15) is 9.90 Å². The standard InChI is InChI=1S/C17H25N3O2/c21-16(22)20-12-6-17(7-13-20,15-4-3-8-18-14-15)5-11-19-9-1-2-10-19/h3-4,8,14H,1-2,5-7,9-13H2,(H,21,22). The molecule has 0 unspecified atom stereocenters. The van der Waals surface area contributed by atoms with Gasteiger partial charge in [-0.3, -0.25) is 4.98 Å². The Bertz CT molecular complexity index is 492. The van der Waals surface area contributed by atoms with Crippen LogP contribution in [0.5, 0.6) is 0 Å². The summed E-state index contributed by atoms with van der Waals surface area (Å²) in [5, 5.41) is 9.19. The van der Waals surface area contributed by atoms with Crippen molar-refractivity contribution in [3.8, 4) is 0 Å². The van der Waals surface area contributed by atoms with Crippen LogP contribution in [0.2, 0.25) is 0 Å². The van der Waals surface area contributed by atoms with Gasteiger partial charge in [-0.25, -0.2) is 4.79 Å². The molecule has 2 fully saturated rings. The van der Waals surface area contributed by atoms with E-state index in [4.69, 9.17) is 0 Å². The van der Waals surface area contributed by atoms with Crippen LogP contribution in [-0.2, 0) is 5.41 Å². The zero-order valence-electron chi connectivity index (χ0n) is 13.1. The summed E-state index contributed by atoms with van der Waals surface area (Å²) >= 11 is 0. The number of carbonyl (C=O) groups is 1. The Labute approximate surface area is 131 Å². The Hall–Kier alpha value is -1.62. The summed E-state index contributed by atoms with van der Waals surface area (Å²) in [5.41, 5.74) is 1.36. The molecule has 1 aromatic heterocycles. The lowest BCUT2D eigenvalue weighted by Crippen LogP contribution is -2.46. The zero-order valence-corrected chi connectivity index (χ0v) is 13.1. The van der Waals surface area contributed by atoms with Crippen molar-refractivity contribution < 1.29 is 9.90 Å². The fraction of sp³-hybridized carbons (Fsp3) is 0.647. The van der Waals surface area contributed by atoms with Crippen LogP contribution in [0.4, 0.5) is 4.79 Å². The normalized spacial score (nSPS) is 21.9. The Morgan fingerprint density at radius 1 is 1.23 bits per heavy atom. The molecule has 120 valence electrons. The number of carboxylic acid groups (broad SMARTS) is 1. The van der Waals surface area contributed by atoms with Gasteiger partial charge in [-0.1, -0.05) is 6.07 Å². The molecular weight excluding hydrogens is 278 g/mol. The summed E-state index contributed by atoms with van der Waals surface area (Å²) in [6.07, 6.45) is 8.52. The molecule has 0 aliphatic carbocycles. The van der Waals surface area contributed by atoms with E-state index < -0.39 is 6.09 Å². The van der Waals surface area contributed by atoms with Crippen molar-refractivity contribution in [3.05, 3.63) is 30.1 Å². The fourth-order valence-electron chi connectivity index (χ4n) is 3.86.